The van der Waals surface area contributed by atoms with Gasteiger partial charge in [0.25, 0.3) is 5.91 Å². The van der Waals surface area contributed by atoms with Crippen LogP contribution in [-0.4, -0.2) is 18.4 Å². The maximum absolute atomic E-state index is 12.5. The number of amides is 2. The first-order valence-corrected chi connectivity index (χ1v) is 9.63. The van der Waals surface area contributed by atoms with Crippen LogP contribution in [0.3, 0.4) is 0 Å². The number of anilines is 2. The molecule has 0 atom stereocenters. The monoisotopic (exact) mass is 364 g/mol. The Kier molecular flexibility index (Phi) is 5.10. The molecule has 2 aromatic carbocycles. The van der Waals surface area contributed by atoms with E-state index >= 15 is 0 Å². The van der Waals surface area contributed by atoms with Crippen molar-refractivity contribution in [2.75, 3.05) is 16.8 Å². The standard InChI is InChI=1S/C22H24N2O3/c25-21-15-27-20-13-18(23-22(26)17-9-5-2-6-10-17)11-12-19(20)24(21)14-16-7-3-1-4-8-16/h1,3-4,7-8,11-13,17H,2,5-6,9-10,14-15H2,(H,23,26). The third-order valence-corrected chi connectivity index (χ3v) is 5.33. The molecular weight excluding hydrogens is 340 g/mol. The highest BCUT2D eigenvalue weighted by Crippen LogP contribution is 2.36. The normalized spacial score (nSPS) is 17.2. The molecule has 1 N–H and O–H groups in total. The van der Waals surface area contributed by atoms with Crippen molar-refractivity contribution >= 4 is 23.2 Å². The summed E-state index contributed by atoms with van der Waals surface area (Å²) in [5.74, 6) is 0.756. The predicted octanol–water partition coefficient (Wildman–Crippen LogP) is 4.13. The summed E-state index contributed by atoms with van der Waals surface area (Å²) in [7, 11) is 0. The van der Waals surface area contributed by atoms with Gasteiger partial charge < -0.3 is 15.0 Å². The average molecular weight is 364 g/mol. The third kappa shape index (κ3) is 3.97. The SMILES string of the molecule is O=C(Nc1ccc2c(c1)OCC(=O)N2Cc1ccccc1)C1CCCCC1. The number of fused-ring (bicyclic) bond motifs is 1. The minimum Gasteiger partial charge on any atom is -0.481 e. The number of nitrogens with one attached hydrogen (secondary N) is 1. The first kappa shape index (κ1) is 17.6. The lowest BCUT2D eigenvalue weighted by Crippen LogP contribution is -2.38. The Morgan fingerprint density at radius 3 is 2.63 bits per heavy atom. The van der Waals surface area contributed by atoms with Crippen molar-refractivity contribution < 1.29 is 14.3 Å². The van der Waals surface area contributed by atoms with Crippen molar-refractivity contribution in [3.05, 3.63) is 54.1 Å². The molecule has 2 amide bonds. The number of nitrogens with zero attached hydrogens (tertiary/aromatic N) is 1. The Bertz CT molecular complexity index is 829. The zero-order chi connectivity index (χ0) is 18.6. The Balaban J connectivity index is 1.51. The van der Waals surface area contributed by atoms with Crippen LogP contribution in [0.1, 0.15) is 37.7 Å². The van der Waals surface area contributed by atoms with Crippen LogP contribution in [0.15, 0.2) is 48.5 Å². The summed E-state index contributed by atoms with van der Waals surface area (Å²) < 4.78 is 5.63. The van der Waals surface area contributed by atoms with E-state index in [4.69, 9.17) is 4.74 Å². The van der Waals surface area contributed by atoms with Gasteiger partial charge in [-0.2, -0.15) is 0 Å². The van der Waals surface area contributed by atoms with E-state index in [0.29, 0.717) is 12.3 Å². The predicted molar refractivity (Wildman–Crippen MR) is 105 cm³/mol. The zero-order valence-electron chi connectivity index (χ0n) is 15.3. The molecule has 5 nitrogen and oxygen atoms in total. The molecule has 5 heteroatoms. The summed E-state index contributed by atoms with van der Waals surface area (Å²) in [6, 6.07) is 15.4. The van der Waals surface area contributed by atoms with Gasteiger partial charge in [-0.3, -0.25) is 9.59 Å². The fourth-order valence-electron chi connectivity index (χ4n) is 3.83. The summed E-state index contributed by atoms with van der Waals surface area (Å²) >= 11 is 0. The lowest BCUT2D eigenvalue weighted by Gasteiger charge is -2.30. The maximum atomic E-state index is 12.5. The number of ether oxygens (including phenoxy) is 1. The van der Waals surface area contributed by atoms with Gasteiger partial charge in [0.15, 0.2) is 6.61 Å². The molecular formula is C22H24N2O3. The van der Waals surface area contributed by atoms with Crippen molar-refractivity contribution in [3.63, 3.8) is 0 Å². The quantitative estimate of drug-likeness (QED) is 0.887. The number of carbonyl (C=O) groups is 2. The fraction of sp³-hybridized carbons (Fsp3) is 0.364. The largest absolute Gasteiger partial charge is 0.481 e. The van der Waals surface area contributed by atoms with Crippen LogP contribution in [0.4, 0.5) is 11.4 Å². The first-order chi connectivity index (χ1) is 13.2. The zero-order valence-corrected chi connectivity index (χ0v) is 15.3. The number of hydrogen-bond acceptors (Lipinski definition) is 3. The van der Waals surface area contributed by atoms with Gasteiger partial charge in [0.05, 0.1) is 12.2 Å². The van der Waals surface area contributed by atoms with E-state index in [1.165, 1.54) is 6.42 Å². The minimum atomic E-state index is -0.0645. The molecule has 1 aliphatic carbocycles. The molecule has 0 radical (unpaired) electrons. The van der Waals surface area contributed by atoms with Gasteiger partial charge in [-0.1, -0.05) is 49.6 Å². The van der Waals surface area contributed by atoms with Crippen LogP contribution in [0.25, 0.3) is 0 Å². The molecule has 4 rings (SSSR count). The lowest BCUT2D eigenvalue weighted by atomic mass is 9.88. The topological polar surface area (TPSA) is 58.6 Å². The van der Waals surface area contributed by atoms with E-state index in [1.54, 1.807) is 4.90 Å². The molecule has 0 bridgehead atoms. The van der Waals surface area contributed by atoms with Crippen LogP contribution >= 0.6 is 0 Å². The van der Waals surface area contributed by atoms with Crippen molar-refractivity contribution in [1.29, 1.82) is 0 Å². The molecule has 1 heterocycles. The molecule has 140 valence electrons. The minimum absolute atomic E-state index is 0.0137. The molecule has 0 unspecified atom stereocenters. The first-order valence-electron chi connectivity index (χ1n) is 9.63. The molecule has 0 spiro atoms. The summed E-state index contributed by atoms with van der Waals surface area (Å²) in [6.45, 7) is 0.518. The van der Waals surface area contributed by atoms with Crippen molar-refractivity contribution in [2.45, 2.75) is 38.6 Å². The second kappa shape index (κ2) is 7.82. The van der Waals surface area contributed by atoms with Crippen LogP contribution < -0.4 is 15.0 Å². The van der Waals surface area contributed by atoms with Crippen molar-refractivity contribution in [3.8, 4) is 5.75 Å². The molecule has 1 aliphatic heterocycles. The van der Waals surface area contributed by atoms with Gasteiger partial charge in [0, 0.05) is 17.7 Å². The van der Waals surface area contributed by atoms with E-state index in [-0.39, 0.29) is 24.3 Å². The highest BCUT2D eigenvalue weighted by molar-refractivity contribution is 5.99. The molecule has 2 aromatic rings. The van der Waals surface area contributed by atoms with E-state index in [1.807, 2.05) is 48.5 Å². The molecule has 1 saturated carbocycles. The van der Waals surface area contributed by atoms with Crippen LogP contribution in [-0.2, 0) is 16.1 Å². The smallest absolute Gasteiger partial charge is 0.265 e. The van der Waals surface area contributed by atoms with Gasteiger partial charge in [0.1, 0.15) is 5.75 Å². The van der Waals surface area contributed by atoms with Crippen LogP contribution in [0, 0.1) is 5.92 Å². The molecule has 27 heavy (non-hydrogen) atoms. The molecule has 2 aliphatic rings. The maximum Gasteiger partial charge on any atom is 0.265 e. The number of hydrogen-bond donors (Lipinski definition) is 1. The molecule has 0 aromatic heterocycles. The second-order valence-electron chi connectivity index (χ2n) is 7.26. The number of benzene rings is 2. The number of rotatable bonds is 4. The summed E-state index contributed by atoms with van der Waals surface area (Å²) in [5.41, 5.74) is 2.53. The highest BCUT2D eigenvalue weighted by atomic mass is 16.5. The third-order valence-electron chi connectivity index (χ3n) is 5.33. The number of carbonyl (C=O) groups excluding carboxylic acids is 2. The highest BCUT2D eigenvalue weighted by Gasteiger charge is 2.27. The van der Waals surface area contributed by atoms with Gasteiger partial charge in [0.2, 0.25) is 5.91 Å². The van der Waals surface area contributed by atoms with Gasteiger partial charge in [-0.15, -0.1) is 0 Å². The van der Waals surface area contributed by atoms with Crippen LogP contribution in [0.5, 0.6) is 5.75 Å². The summed E-state index contributed by atoms with van der Waals surface area (Å²) in [4.78, 5) is 26.6. The van der Waals surface area contributed by atoms with E-state index in [0.717, 1.165) is 42.6 Å². The van der Waals surface area contributed by atoms with E-state index in [9.17, 15) is 9.59 Å². The summed E-state index contributed by atoms with van der Waals surface area (Å²) in [5, 5.41) is 3.02. The van der Waals surface area contributed by atoms with Crippen molar-refractivity contribution in [2.24, 2.45) is 5.92 Å². The van der Waals surface area contributed by atoms with E-state index < -0.39 is 0 Å². The second-order valence-corrected chi connectivity index (χ2v) is 7.26. The Morgan fingerprint density at radius 2 is 1.85 bits per heavy atom. The molecule has 0 saturated heterocycles. The van der Waals surface area contributed by atoms with Gasteiger partial charge in [-0.05, 0) is 30.5 Å². The Hall–Kier alpha value is -2.82. The van der Waals surface area contributed by atoms with E-state index in [2.05, 4.69) is 5.32 Å². The Morgan fingerprint density at radius 1 is 1.07 bits per heavy atom. The molecule has 1 fully saturated rings. The lowest BCUT2D eigenvalue weighted by molar-refractivity contribution is -0.122. The Labute approximate surface area is 159 Å². The van der Waals surface area contributed by atoms with Gasteiger partial charge in [-0.25, -0.2) is 0 Å². The van der Waals surface area contributed by atoms with Crippen LogP contribution in [0.2, 0.25) is 0 Å². The van der Waals surface area contributed by atoms with Crippen molar-refractivity contribution in [1.82, 2.24) is 0 Å². The fourth-order valence-corrected chi connectivity index (χ4v) is 3.83. The van der Waals surface area contributed by atoms with Gasteiger partial charge >= 0.3 is 0 Å². The summed E-state index contributed by atoms with van der Waals surface area (Å²) in [6.07, 6.45) is 5.41. The average Bonchev–Trinajstić information content (AvgIpc) is 2.71.